The van der Waals surface area contributed by atoms with Gasteiger partial charge in [-0.15, -0.1) is 11.3 Å². The lowest BCUT2D eigenvalue weighted by Crippen LogP contribution is -2.49. The van der Waals surface area contributed by atoms with Crippen LogP contribution in [0.3, 0.4) is 0 Å². The van der Waals surface area contributed by atoms with Crippen molar-refractivity contribution in [1.82, 2.24) is 25.4 Å². The van der Waals surface area contributed by atoms with Crippen molar-refractivity contribution < 1.29 is 63.7 Å². The fourth-order valence-corrected chi connectivity index (χ4v) is 14.5. The fraction of sp³-hybridized carbons (Fsp3) is 0.667. The summed E-state index contributed by atoms with van der Waals surface area (Å²) in [7, 11) is 1.60. The summed E-state index contributed by atoms with van der Waals surface area (Å²) in [5, 5.41) is 69.3. The van der Waals surface area contributed by atoms with Crippen LogP contribution in [0.1, 0.15) is 153 Å². The molecule has 10 atom stereocenters. The summed E-state index contributed by atoms with van der Waals surface area (Å²) in [4.78, 5) is 72.3. The van der Waals surface area contributed by atoms with E-state index in [1.54, 1.807) is 46.0 Å². The summed E-state index contributed by atoms with van der Waals surface area (Å²) in [6.07, 6.45) is 9.29. The number of carbonyl (C=O) groups excluding carboxylic acids is 4. The number of aliphatic hydroxyl groups excluding tert-OH is 2. The van der Waals surface area contributed by atoms with E-state index in [4.69, 9.17) is 14.2 Å². The molecular formula is C63H92N6O13S. The van der Waals surface area contributed by atoms with Gasteiger partial charge < -0.3 is 60.2 Å². The second-order valence-corrected chi connectivity index (χ2v) is 25.8. The Hall–Kier alpha value is -5.85. The summed E-state index contributed by atoms with van der Waals surface area (Å²) in [5.74, 6) is 0.414. The molecule has 3 aliphatic carbocycles. The minimum Gasteiger partial charge on any atom is -0.507 e. The van der Waals surface area contributed by atoms with E-state index in [0.29, 0.717) is 70.8 Å². The van der Waals surface area contributed by atoms with Gasteiger partial charge in [-0.05, 0) is 143 Å². The van der Waals surface area contributed by atoms with Gasteiger partial charge in [0.2, 0.25) is 17.7 Å². The maximum absolute atomic E-state index is 13.6. The Bertz CT molecular complexity index is 2870. The van der Waals surface area contributed by atoms with Gasteiger partial charge in [0, 0.05) is 85.5 Å². The number of aliphatic hydroxyl groups is 2. The van der Waals surface area contributed by atoms with Crippen LogP contribution in [-0.2, 0) is 34.1 Å². The lowest BCUT2D eigenvalue weighted by molar-refractivity contribution is -0.142. The van der Waals surface area contributed by atoms with Crippen molar-refractivity contribution in [1.29, 1.82) is 5.26 Å². The average molecular weight is 1170 g/mol. The quantitative estimate of drug-likeness (QED) is 0.0289. The molecule has 3 fully saturated rings. The van der Waals surface area contributed by atoms with E-state index in [-0.39, 0.29) is 152 Å². The zero-order valence-electron chi connectivity index (χ0n) is 50.0. The molecule has 2 aromatic carbocycles. The van der Waals surface area contributed by atoms with Crippen LogP contribution in [0.25, 0.3) is 23.4 Å². The SMILES string of the molecule is C=c1c(C)c(O)c(=C)c(C(C)(C)CC(=O)N(C)CCN(CCOCCOCCC(=O)NCCCCC(NC(=O)CCC(C)C2CCC3C4C(O)CCCC(O)CCC(C)C4CCC23C)C(=O)O)C(=O)Oc2ccc3nc(C#N)sc3c2)c1O. The summed E-state index contributed by atoms with van der Waals surface area (Å²) in [6.45, 7) is 21.1. The summed E-state index contributed by atoms with van der Waals surface area (Å²) in [6, 6.07) is 5.85. The first-order valence-corrected chi connectivity index (χ1v) is 30.7. The van der Waals surface area contributed by atoms with Gasteiger partial charge in [-0.2, -0.15) is 5.26 Å². The predicted octanol–water partition coefficient (Wildman–Crippen LogP) is 7.41. The molecule has 0 radical (unpaired) electrons. The molecule has 83 heavy (non-hydrogen) atoms. The standard InChI is InChI=1S/C63H92N6O13S/c1-38-16-18-43(70)13-12-15-50(71)56-45(38)24-26-63(8)46(20-21-47(56)63)39(2)17-23-53(73)66-49(60(77)78)14-10-11-27-65-52(72)25-31-80-33-34-81-32-30-69(61(79)82-44-19-22-48-51(35-44)83-54(37-64)67-48)29-28-68(9)55(74)36-62(6,7)57-42(5)58(75)40(3)41(4)59(57)76/h19,22,35,38-39,43,45-47,49-50,56,70-71,75-76H,4-5,10-18,20-21,23-34,36H2,1-3,6-9H3,(H,65,72)(H,66,73)(H,77,78). The number of carboxylic acid groups (broad SMARTS) is 1. The van der Waals surface area contributed by atoms with E-state index in [1.165, 1.54) is 21.1 Å². The van der Waals surface area contributed by atoms with Crippen molar-refractivity contribution in [3.63, 3.8) is 0 Å². The third-order valence-corrected chi connectivity index (χ3v) is 19.5. The molecule has 0 spiro atoms. The number of fused-ring (bicyclic) bond motifs is 4. The van der Waals surface area contributed by atoms with Gasteiger partial charge in [0.05, 0.1) is 48.9 Å². The highest BCUT2D eigenvalue weighted by Crippen LogP contribution is 2.63. The Morgan fingerprint density at radius 2 is 1.65 bits per heavy atom. The Morgan fingerprint density at radius 1 is 0.916 bits per heavy atom. The number of likely N-dealkylation sites (N-methyl/N-ethyl adjacent to an activating group) is 1. The smallest absolute Gasteiger partial charge is 0.415 e. The molecule has 0 bridgehead atoms. The van der Waals surface area contributed by atoms with Crippen molar-refractivity contribution in [3.05, 3.63) is 44.8 Å². The number of carbonyl (C=O) groups is 5. The van der Waals surface area contributed by atoms with Crippen molar-refractivity contribution >= 4 is 64.5 Å². The van der Waals surface area contributed by atoms with E-state index >= 15 is 0 Å². The minimum atomic E-state index is -1.09. The van der Waals surface area contributed by atoms with Gasteiger partial charge in [0.25, 0.3) is 0 Å². The van der Waals surface area contributed by atoms with Crippen LogP contribution in [0.4, 0.5) is 4.79 Å². The van der Waals surface area contributed by atoms with Crippen molar-refractivity contribution in [2.24, 2.45) is 40.9 Å². The van der Waals surface area contributed by atoms with Crippen LogP contribution in [0.5, 0.6) is 17.2 Å². The molecule has 3 aromatic rings. The van der Waals surface area contributed by atoms with Crippen LogP contribution in [0, 0.1) is 59.2 Å². The number of nitriles is 1. The number of nitrogens with zero attached hydrogens (tertiary/aromatic N) is 4. The van der Waals surface area contributed by atoms with Gasteiger partial charge >= 0.3 is 12.1 Å². The Balaban J connectivity index is 0.872. The molecule has 20 heteroatoms. The number of aromatic hydroxyl groups is 2. The van der Waals surface area contributed by atoms with E-state index in [1.807, 2.05) is 6.07 Å². The number of hydrogen-bond acceptors (Lipinski definition) is 15. The molecule has 0 saturated heterocycles. The van der Waals surface area contributed by atoms with Crippen LogP contribution in [-0.4, -0.2) is 148 Å². The van der Waals surface area contributed by atoms with E-state index in [9.17, 15) is 54.8 Å². The van der Waals surface area contributed by atoms with Crippen LogP contribution < -0.4 is 25.8 Å². The van der Waals surface area contributed by atoms with Crippen molar-refractivity contribution in [3.8, 4) is 23.3 Å². The Labute approximate surface area is 493 Å². The second kappa shape index (κ2) is 30.3. The fourth-order valence-electron chi connectivity index (χ4n) is 13.7. The number of hydrogen-bond donors (Lipinski definition) is 7. The molecule has 19 nitrogen and oxygen atoms in total. The number of aliphatic carboxylic acids is 1. The highest BCUT2D eigenvalue weighted by Gasteiger charge is 2.57. The summed E-state index contributed by atoms with van der Waals surface area (Å²) < 4.78 is 17.8. The average Bonchev–Trinajstić information content (AvgIpc) is 2.70. The monoisotopic (exact) mass is 1170 g/mol. The molecule has 4 amide bonds. The number of amides is 4. The number of unbranched alkanes of at least 4 members (excludes halogenated alkanes) is 1. The van der Waals surface area contributed by atoms with Crippen LogP contribution in [0.15, 0.2) is 18.2 Å². The number of phenols is 2. The topological polar surface area (TPSA) is 281 Å². The molecule has 458 valence electrons. The number of rotatable bonds is 27. The van der Waals surface area contributed by atoms with E-state index in [0.717, 1.165) is 57.8 Å². The van der Waals surface area contributed by atoms with Crippen molar-refractivity contribution in [2.45, 2.75) is 168 Å². The zero-order valence-corrected chi connectivity index (χ0v) is 50.8. The van der Waals surface area contributed by atoms with Gasteiger partial charge in [0.1, 0.15) is 29.4 Å². The third-order valence-electron chi connectivity index (χ3n) is 18.6. The number of benzene rings is 2. The van der Waals surface area contributed by atoms with Crippen LogP contribution >= 0.6 is 11.3 Å². The first-order valence-electron chi connectivity index (χ1n) is 29.9. The minimum absolute atomic E-state index is 0.0562. The normalized spacial score (nSPS) is 23.4. The van der Waals surface area contributed by atoms with Gasteiger partial charge in [-0.25, -0.2) is 14.6 Å². The maximum Gasteiger partial charge on any atom is 0.415 e. The zero-order chi connectivity index (χ0) is 60.8. The summed E-state index contributed by atoms with van der Waals surface area (Å²) in [5.41, 5.74) is 0.444. The first-order chi connectivity index (χ1) is 39.4. The van der Waals surface area contributed by atoms with Gasteiger partial charge in [-0.3, -0.25) is 14.4 Å². The van der Waals surface area contributed by atoms with Crippen LogP contribution in [0.2, 0.25) is 0 Å². The Kier molecular flexibility index (Phi) is 24.2. The summed E-state index contributed by atoms with van der Waals surface area (Å²) >= 11 is 1.17. The second-order valence-electron chi connectivity index (χ2n) is 24.7. The molecule has 3 aliphatic rings. The lowest BCUT2D eigenvalue weighted by atomic mass is 9.53. The molecule has 10 unspecified atom stereocenters. The number of aromatic nitrogens is 1. The third kappa shape index (κ3) is 17.4. The number of thiazole rings is 1. The van der Waals surface area contributed by atoms with E-state index < -0.39 is 23.5 Å². The van der Waals surface area contributed by atoms with Crippen molar-refractivity contribution in [2.75, 3.05) is 59.7 Å². The van der Waals surface area contributed by atoms with E-state index in [2.05, 4.69) is 49.5 Å². The lowest BCUT2D eigenvalue weighted by Gasteiger charge is -2.53. The molecule has 1 aromatic heterocycles. The highest BCUT2D eigenvalue weighted by molar-refractivity contribution is 7.19. The molecule has 6 rings (SSSR count). The maximum atomic E-state index is 13.6. The molecular weight excluding hydrogens is 1080 g/mol. The molecule has 3 saturated carbocycles. The largest absolute Gasteiger partial charge is 0.507 e. The predicted molar refractivity (Wildman–Crippen MR) is 318 cm³/mol. The number of nitrogens with one attached hydrogen (secondary N) is 2. The molecule has 1 heterocycles. The van der Waals surface area contributed by atoms with Gasteiger partial charge in [0.15, 0.2) is 5.01 Å². The molecule has 7 N–H and O–H groups in total. The highest BCUT2D eigenvalue weighted by atomic mass is 32.1. The molecule has 0 aliphatic heterocycles. The van der Waals surface area contributed by atoms with Gasteiger partial charge in [-0.1, -0.05) is 47.8 Å². The number of ether oxygens (including phenoxy) is 3. The number of carboxylic acids is 1. The number of phenolic OH excluding ortho intramolecular Hbond substituents is 2. The first kappa shape index (κ1) is 66.3. The Morgan fingerprint density at radius 3 is 2.37 bits per heavy atom.